The minimum Gasteiger partial charge on any atom is -0.469 e. The average molecular weight is 346 g/mol. The number of esters is 2. The van der Waals surface area contributed by atoms with Gasteiger partial charge in [0.05, 0.1) is 13.7 Å². The Kier molecular flexibility index (Phi) is 4.80. The number of ether oxygens (including phenoxy) is 7. The number of hydrogen-bond donors (Lipinski definition) is 0. The fraction of sp³-hybridized carbons (Fsp3) is 0.867. The molecule has 0 N–H and O–H groups in total. The third kappa shape index (κ3) is 2.70. The van der Waals surface area contributed by atoms with Crippen molar-refractivity contribution in [3.05, 3.63) is 0 Å². The van der Waals surface area contributed by atoms with Crippen molar-refractivity contribution in [3.63, 3.8) is 0 Å². The number of carbonyl (C=O) groups excluding carboxylic acids is 2. The monoisotopic (exact) mass is 346 g/mol. The smallest absolute Gasteiger partial charge is 0.312 e. The van der Waals surface area contributed by atoms with Gasteiger partial charge in [-0.25, -0.2) is 0 Å². The Bertz CT molecular complexity index is 509. The van der Waals surface area contributed by atoms with Crippen LogP contribution in [0.2, 0.25) is 0 Å². The summed E-state index contributed by atoms with van der Waals surface area (Å²) in [5.41, 5.74) is 0. The van der Waals surface area contributed by atoms with Gasteiger partial charge in [0, 0.05) is 21.1 Å². The van der Waals surface area contributed by atoms with Crippen molar-refractivity contribution in [3.8, 4) is 0 Å². The Labute approximate surface area is 139 Å². The average Bonchev–Trinajstić information content (AvgIpc) is 3.21. The zero-order valence-corrected chi connectivity index (χ0v) is 14.1. The fourth-order valence-corrected chi connectivity index (χ4v) is 3.60. The minimum atomic E-state index is -1.23. The summed E-state index contributed by atoms with van der Waals surface area (Å²) >= 11 is 0. The van der Waals surface area contributed by atoms with Gasteiger partial charge in [0.15, 0.2) is 0 Å². The van der Waals surface area contributed by atoms with E-state index in [-0.39, 0.29) is 13.2 Å². The first-order chi connectivity index (χ1) is 11.5. The topological polar surface area (TPSA) is 98.8 Å². The van der Waals surface area contributed by atoms with E-state index in [0.717, 1.165) is 0 Å². The van der Waals surface area contributed by atoms with Crippen molar-refractivity contribution >= 4 is 11.9 Å². The molecule has 3 rings (SSSR count). The Morgan fingerprint density at radius 3 is 2.00 bits per heavy atom. The second-order valence-corrected chi connectivity index (χ2v) is 6.03. The summed E-state index contributed by atoms with van der Waals surface area (Å²) in [5.74, 6) is -3.93. The van der Waals surface area contributed by atoms with Crippen molar-refractivity contribution < 1.29 is 42.7 Å². The normalized spacial score (nSPS) is 42.8. The molecule has 9 nitrogen and oxygen atoms in total. The molecule has 7 atom stereocenters. The summed E-state index contributed by atoms with van der Waals surface area (Å²) in [6.45, 7) is 1.99. The fourth-order valence-electron chi connectivity index (χ4n) is 3.60. The number of carbonyl (C=O) groups is 2. The molecule has 5 unspecified atom stereocenters. The summed E-state index contributed by atoms with van der Waals surface area (Å²) in [6, 6.07) is 0. The summed E-state index contributed by atoms with van der Waals surface area (Å²) in [6.07, 6.45) is -2.33. The van der Waals surface area contributed by atoms with Crippen molar-refractivity contribution in [2.75, 3.05) is 34.5 Å². The number of rotatable bonds is 6. The van der Waals surface area contributed by atoms with Crippen LogP contribution in [0.25, 0.3) is 0 Å². The van der Waals surface area contributed by atoms with Gasteiger partial charge in [-0.15, -0.1) is 0 Å². The van der Waals surface area contributed by atoms with Crippen LogP contribution >= 0.6 is 0 Å². The molecular formula is C15H22O9. The molecule has 3 saturated heterocycles. The van der Waals surface area contributed by atoms with Crippen LogP contribution in [0.5, 0.6) is 0 Å². The molecule has 9 heteroatoms. The standard InChI is InChI=1S/C15H22O9/c1-15(20-4)23-11-9-7(13(16)19-3)8(10(22-9)12(11)24-15)14(17)21-6-5-18-2/h7-12H,5-6H2,1-4H3/t7?,8?,9-,10?,11+,12?,15?/m0/s1. The van der Waals surface area contributed by atoms with Gasteiger partial charge in [0.2, 0.25) is 0 Å². The van der Waals surface area contributed by atoms with E-state index >= 15 is 0 Å². The van der Waals surface area contributed by atoms with Gasteiger partial charge in [-0.1, -0.05) is 0 Å². The van der Waals surface area contributed by atoms with Gasteiger partial charge in [-0.2, -0.15) is 0 Å². The molecule has 3 heterocycles. The van der Waals surface area contributed by atoms with Crippen LogP contribution in [-0.4, -0.2) is 76.9 Å². The Morgan fingerprint density at radius 1 is 0.917 bits per heavy atom. The lowest BCUT2D eigenvalue weighted by Gasteiger charge is -2.29. The maximum absolute atomic E-state index is 12.5. The van der Waals surface area contributed by atoms with E-state index in [4.69, 9.17) is 33.2 Å². The van der Waals surface area contributed by atoms with E-state index in [1.807, 2.05) is 0 Å². The molecule has 0 aromatic heterocycles. The predicted octanol–water partition coefficient (Wildman–Crippen LogP) is -0.533. The third-order valence-corrected chi connectivity index (χ3v) is 4.73. The molecule has 3 fully saturated rings. The van der Waals surface area contributed by atoms with Gasteiger partial charge >= 0.3 is 11.9 Å². The molecule has 24 heavy (non-hydrogen) atoms. The van der Waals surface area contributed by atoms with Crippen LogP contribution < -0.4 is 0 Å². The molecule has 0 radical (unpaired) electrons. The molecule has 0 amide bonds. The van der Waals surface area contributed by atoms with Crippen molar-refractivity contribution in [2.45, 2.75) is 37.3 Å². The Hall–Kier alpha value is -1.26. The summed E-state index contributed by atoms with van der Waals surface area (Å²) in [7, 11) is 4.23. The van der Waals surface area contributed by atoms with Crippen LogP contribution in [0.1, 0.15) is 6.92 Å². The summed E-state index contributed by atoms with van der Waals surface area (Å²) < 4.78 is 37.4. The maximum atomic E-state index is 12.5. The van der Waals surface area contributed by atoms with Gasteiger partial charge in [-0.05, 0) is 0 Å². The molecule has 0 aromatic rings. The molecular weight excluding hydrogens is 324 g/mol. The SMILES string of the molecule is COCCOC(=O)C1C2O[C@@H](C1C(=O)OC)[C@H]1OC(C)(OC)OC21. The molecule has 3 aliphatic rings. The highest BCUT2D eigenvalue weighted by Gasteiger charge is 2.70. The maximum Gasteiger partial charge on any atom is 0.312 e. The van der Waals surface area contributed by atoms with E-state index in [0.29, 0.717) is 0 Å². The van der Waals surface area contributed by atoms with E-state index in [2.05, 4.69) is 0 Å². The lowest BCUT2D eigenvalue weighted by molar-refractivity contribution is -0.330. The van der Waals surface area contributed by atoms with E-state index in [9.17, 15) is 9.59 Å². The summed E-state index contributed by atoms with van der Waals surface area (Å²) in [4.78, 5) is 24.7. The van der Waals surface area contributed by atoms with Crippen LogP contribution in [0.3, 0.4) is 0 Å². The van der Waals surface area contributed by atoms with Crippen LogP contribution in [0.15, 0.2) is 0 Å². The highest BCUT2D eigenvalue weighted by atomic mass is 16.9. The first-order valence-electron chi connectivity index (χ1n) is 7.75. The molecule has 0 aromatic carbocycles. The molecule has 0 spiro atoms. The number of fused-ring (bicyclic) bond motifs is 5. The van der Waals surface area contributed by atoms with E-state index in [1.54, 1.807) is 6.92 Å². The largest absolute Gasteiger partial charge is 0.469 e. The van der Waals surface area contributed by atoms with Gasteiger partial charge in [0.1, 0.15) is 42.9 Å². The van der Waals surface area contributed by atoms with Crippen LogP contribution in [0.4, 0.5) is 0 Å². The zero-order valence-electron chi connectivity index (χ0n) is 14.1. The molecule has 2 bridgehead atoms. The van der Waals surface area contributed by atoms with Crippen molar-refractivity contribution in [2.24, 2.45) is 11.8 Å². The lowest BCUT2D eigenvalue weighted by Crippen LogP contribution is -2.51. The Morgan fingerprint density at radius 2 is 1.50 bits per heavy atom. The lowest BCUT2D eigenvalue weighted by atomic mass is 9.76. The van der Waals surface area contributed by atoms with Gasteiger partial charge in [0.25, 0.3) is 5.97 Å². The van der Waals surface area contributed by atoms with Gasteiger partial charge in [-0.3, -0.25) is 9.59 Å². The predicted molar refractivity (Wildman–Crippen MR) is 75.7 cm³/mol. The van der Waals surface area contributed by atoms with E-state index < -0.39 is 54.2 Å². The highest BCUT2D eigenvalue weighted by Crippen LogP contribution is 2.52. The molecule has 0 saturated carbocycles. The number of hydrogen-bond acceptors (Lipinski definition) is 9. The van der Waals surface area contributed by atoms with Crippen LogP contribution in [0, 0.1) is 11.8 Å². The second kappa shape index (κ2) is 6.57. The summed E-state index contributed by atoms with van der Waals surface area (Å²) in [5, 5.41) is 0. The Balaban J connectivity index is 1.80. The molecule has 0 aliphatic carbocycles. The third-order valence-electron chi connectivity index (χ3n) is 4.73. The van der Waals surface area contributed by atoms with Crippen LogP contribution in [-0.2, 0) is 42.7 Å². The quantitative estimate of drug-likeness (QED) is 0.464. The van der Waals surface area contributed by atoms with Crippen molar-refractivity contribution in [1.29, 1.82) is 0 Å². The number of methoxy groups -OCH3 is 3. The first kappa shape index (κ1) is 17.6. The molecule has 136 valence electrons. The second-order valence-electron chi connectivity index (χ2n) is 6.03. The highest BCUT2D eigenvalue weighted by molar-refractivity contribution is 5.84. The molecule has 3 aliphatic heterocycles. The minimum absolute atomic E-state index is 0.0956. The zero-order chi connectivity index (χ0) is 17.5. The first-order valence-corrected chi connectivity index (χ1v) is 7.75. The van der Waals surface area contributed by atoms with Gasteiger partial charge < -0.3 is 33.2 Å². The van der Waals surface area contributed by atoms with E-state index in [1.165, 1.54) is 21.3 Å². The van der Waals surface area contributed by atoms with Crippen molar-refractivity contribution in [1.82, 2.24) is 0 Å².